The van der Waals surface area contributed by atoms with Crippen molar-refractivity contribution >= 4 is 21.6 Å². The molecule has 4 rings (SSSR count). The average molecular weight is 438 g/mol. The zero-order chi connectivity index (χ0) is 21.5. The molecule has 1 amide bonds. The lowest BCUT2D eigenvalue weighted by molar-refractivity contribution is 0.131. The molecule has 2 aromatic rings. The molecule has 0 saturated carbocycles. The average Bonchev–Trinajstić information content (AvgIpc) is 3.37. The number of carbonyl (C=O) groups is 1. The lowest BCUT2D eigenvalue weighted by atomic mass is 9.96. The highest BCUT2D eigenvalue weighted by atomic mass is 32.2. The maximum Gasteiger partial charge on any atom is 0.407 e. The number of halogens is 1. The minimum Gasteiger partial charge on any atom is -0.465 e. The van der Waals surface area contributed by atoms with Crippen molar-refractivity contribution in [3.05, 3.63) is 29.8 Å². The van der Waals surface area contributed by atoms with E-state index in [9.17, 15) is 17.6 Å². The molecule has 30 heavy (non-hydrogen) atoms. The second-order valence-electron chi connectivity index (χ2n) is 7.79. The summed E-state index contributed by atoms with van der Waals surface area (Å²) in [6, 6.07) is 3.88. The van der Waals surface area contributed by atoms with Gasteiger partial charge in [0.2, 0.25) is 0 Å². The number of amides is 1. The molecule has 0 bridgehead atoms. The van der Waals surface area contributed by atoms with E-state index in [0.717, 1.165) is 12.3 Å². The number of hydrogen-bond donors (Lipinski definition) is 1. The highest BCUT2D eigenvalue weighted by Gasteiger charge is 2.30. The first-order valence-corrected chi connectivity index (χ1v) is 11.6. The molecule has 1 atom stereocenters. The standard InChI is InChI=1S/C18H23FN6O4S/c1-30(28,29)14-2-3-16(15(19)10-14)24-9-6-13(11-24)25-21-17(20-22-25)12-4-7-23(8-5-12)18(26)27/h2-3,10,12-13H,4-9,11H2,1H3,(H,26,27). The molecule has 10 nitrogen and oxygen atoms in total. The molecule has 2 aliphatic rings. The highest BCUT2D eigenvalue weighted by molar-refractivity contribution is 7.90. The number of piperidine rings is 1. The lowest BCUT2D eigenvalue weighted by Gasteiger charge is -2.28. The topological polar surface area (TPSA) is 122 Å². The van der Waals surface area contributed by atoms with Crippen LogP contribution < -0.4 is 4.90 Å². The summed E-state index contributed by atoms with van der Waals surface area (Å²) in [5.41, 5.74) is 0.353. The van der Waals surface area contributed by atoms with Crippen molar-refractivity contribution in [1.82, 2.24) is 25.1 Å². The summed E-state index contributed by atoms with van der Waals surface area (Å²) in [7, 11) is -3.46. The van der Waals surface area contributed by atoms with E-state index in [1.54, 1.807) is 4.80 Å². The molecule has 162 valence electrons. The first-order valence-electron chi connectivity index (χ1n) is 9.74. The van der Waals surface area contributed by atoms with Crippen LogP contribution in [0.2, 0.25) is 0 Å². The smallest absolute Gasteiger partial charge is 0.407 e. The molecule has 0 aliphatic carbocycles. The van der Waals surface area contributed by atoms with E-state index in [0.29, 0.717) is 57.0 Å². The van der Waals surface area contributed by atoms with Gasteiger partial charge in [-0.05, 0) is 42.7 Å². The maximum absolute atomic E-state index is 14.5. The fourth-order valence-electron chi connectivity index (χ4n) is 4.01. The van der Waals surface area contributed by atoms with Gasteiger partial charge < -0.3 is 14.9 Å². The summed E-state index contributed by atoms with van der Waals surface area (Å²) < 4.78 is 37.7. The van der Waals surface area contributed by atoms with Crippen LogP contribution in [0.25, 0.3) is 0 Å². The van der Waals surface area contributed by atoms with Crippen LogP contribution >= 0.6 is 0 Å². The summed E-state index contributed by atoms with van der Waals surface area (Å²) in [5, 5.41) is 21.9. The van der Waals surface area contributed by atoms with E-state index in [2.05, 4.69) is 15.4 Å². The van der Waals surface area contributed by atoms with Crippen LogP contribution in [0.3, 0.4) is 0 Å². The van der Waals surface area contributed by atoms with E-state index in [1.165, 1.54) is 17.0 Å². The third kappa shape index (κ3) is 4.09. The fraction of sp³-hybridized carbons (Fsp3) is 0.556. The Morgan fingerprint density at radius 3 is 2.57 bits per heavy atom. The molecule has 1 N–H and O–H groups in total. The summed E-state index contributed by atoms with van der Waals surface area (Å²) in [6.45, 7) is 1.99. The van der Waals surface area contributed by atoms with Gasteiger partial charge >= 0.3 is 6.09 Å². The molecule has 2 aliphatic heterocycles. The second-order valence-corrected chi connectivity index (χ2v) is 9.80. The van der Waals surface area contributed by atoms with Gasteiger partial charge in [-0.25, -0.2) is 17.6 Å². The van der Waals surface area contributed by atoms with Crippen LogP contribution in [0.15, 0.2) is 23.1 Å². The molecular formula is C18H23FN6O4S. The normalized spacial score (nSPS) is 20.7. The van der Waals surface area contributed by atoms with Crippen molar-refractivity contribution < 1.29 is 22.7 Å². The van der Waals surface area contributed by atoms with Gasteiger partial charge in [-0.15, -0.1) is 10.2 Å². The summed E-state index contributed by atoms with van der Waals surface area (Å²) in [5.74, 6) is 0.117. The van der Waals surface area contributed by atoms with E-state index in [-0.39, 0.29) is 16.9 Å². The Morgan fingerprint density at radius 2 is 1.93 bits per heavy atom. The molecule has 1 aromatic carbocycles. The zero-order valence-corrected chi connectivity index (χ0v) is 17.3. The van der Waals surface area contributed by atoms with Crippen molar-refractivity contribution in [3.8, 4) is 0 Å². The van der Waals surface area contributed by atoms with Gasteiger partial charge in [0.25, 0.3) is 0 Å². The lowest BCUT2D eigenvalue weighted by Crippen LogP contribution is -2.37. The Bertz CT molecular complexity index is 1050. The number of carboxylic acid groups (broad SMARTS) is 1. The number of rotatable bonds is 4. The number of benzene rings is 1. The van der Waals surface area contributed by atoms with Gasteiger partial charge in [-0.2, -0.15) is 4.80 Å². The zero-order valence-electron chi connectivity index (χ0n) is 16.5. The Balaban J connectivity index is 1.42. The SMILES string of the molecule is CS(=O)(=O)c1ccc(N2CCC(n3nnc(C4CCN(C(=O)O)CC4)n3)C2)c(F)c1. The third-order valence-electron chi connectivity index (χ3n) is 5.75. The molecular weight excluding hydrogens is 415 g/mol. The Hall–Kier alpha value is -2.76. The molecule has 0 spiro atoms. The van der Waals surface area contributed by atoms with Gasteiger partial charge in [0.1, 0.15) is 5.82 Å². The van der Waals surface area contributed by atoms with Crippen molar-refractivity contribution in [2.24, 2.45) is 0 Å². The van der Waals surface area contributed by atoms with Gasteiger partial charge in [0, 0.05) is 38.4 Å². The van der Waals surface area contributed by atoms with Gasteiger partial charge in [-0.1, -0.05) is 0 Å². The maximum atomic E-state index is 14.5. The molecule has 2 fully saturated rings. The first-order chi connectivity index (χ1) is 14.2. The molecule has 1 unspecified atom stereocenters. The number of likely N-dealkylation sites (tertiary alicyclic amines) is 1. The van der Waals surface area contributed by atoms with Crippen LogP contribution in [-0.4, -0.2) is 77.2 Å². The van der Waals surface area contributed by atoms with Gasteiger partial charge in [-0.3, -0.25) is 0 Å². The molecule has 2 saturated heterocycles. The summed E-state index contributed by atoms with van der Waals surface area (Å²) in [4.78, 5) is 15.8. The Labute approximate surface area is 173 Å². The summed E-state index contributed by atoms with van der Waals surface area (Å²) >= 11 is 0. The number of tetrazole rings is 1. The van der Waals surface area contributed by atoms with Crippen LogP contribution in [0.5, 0.6) is 0 Å². The van der Waals surface area contributed by atoms with Crippen LogP contribution in [0.1, 0.15) is 37.0 Å². The monoisotopic (exact) mass is 438 g/mol. The summed E-state index contributed by atoms with van der Waals surface area (Å²) in [6.07, 6.45) is 2.17. The first kappa shape index (κ1) is 20.5. The van der Waals surface area contributed by atoms with Crippen molar-refractivity contribution in [3.63, 3.8) is 0 Å². The van der Waals surface area contributed by atoms with Crippen molar-refractivity contribution in [1.29, 1.82) is 0 Å². The van der Waals surface area contributed by atoms with E-state index in [1.807, 2.05) is 4.90 Å². The van der Waals surface area contributed by atoms with Crippen LogP contribution in [-0.2, 0) is 9.84 Å². The Morgan fingerprint density at radius 1 is 1.20 bits per heavy atom. The number of nitrogens with zero attached hydrogens (tertiary/aromatic N) is 6. The predicted molar refractivity (Wildman–Crippen MR) is 105 cm³/mol. The molecule has 12 heteroatoms. The molecule has 0 radical (unpaired) electrons. The van der Waals surface area contributed by atoms with Crippen LogP contribution in [0.4, 0.5) is 14.9 Å². The van der Waals surface area contributed by atoms with Crippen LogP contribution in [0, 0.1) is 5.82 Å². The quantitative estimate of drug-likeness (QED) is 0.763. The molecule has 3 heterocycles. The van der Waals surface area contributed by atoms with Gasteiger partial charge in [0.15, 0.2) is 15.7 Å². The van der Waals surface area contributed by atoms with Crippen molar-refractivity contribution in [2.75, 3.05) is 37.3 Å². The second kappa shape index (κ2) is 7.82. The number of sulfone groups is 1. The highest BCUT2D eigenvalue weighted by Crippen LogP contribution is 2.30. The number of aromatic nitrogens is 4. The minimum atomic E-state index is -3.46. The fourth-order valence-corrected chi connectivity index (χ4v) is 4.64. The Kier molecular flexibility index (Phi) is 5.35. The third-order valence-corrected chi connectivity index (χ3v) is 6.86. The number of hydrogen-bond acceptors (Lipinski definition) is 7. The largest absolute Gasteiger partial charge is 0.465 e. The van der Waals surface area contributed by atoms with Gasteiger partial charge in [0.05, 0.1) is 16.6 Å². The predicted octanol–water partition coefficient (Wildman–Crippen LogP) is 1.52. The van der Waals surface area contributed by atoms with Crippen molar-refractivity contribution in [2.45, 2.75) is 36.1 Å². The van der Waals surface area contributed by atoms with E-state index in [4.69, 9.17) is 5.11 Å². The molecule has 1 aromatic heterocycles. The number of anilines is 1. The minimum absolute atomic E-state index is 0.0453. The van der Waals surface area contributed by atoms with E-state index >= 15 is 0 Å². The van der Waals surface area contributed by atoms with E-state index < -0.39 is 21.7 Å².